The molecule has 2 aromatic rings. The van der Waals surface area contributed by atoms with Gasteiger partial charge < -0.3 is 0 Å². The van der Waals surface area contributed by atoms with Crippen LogP contribution >= 0.6 is 0 Å². The molecule has 0 radical (unpaired) electrons. The van der Waals surface area contributed by atoms with Crippen molar-refractivity contribution in [2.24, 2.45) is 0 Å². The third-order valence-corrected chi connectivity index (χ3v) is 4.11. The summed E-state index contributed by atoms with van der Waals surface area (Å²) >= 11 is 0. The van der Waals surface area contributed by atoms with Crippen LogP contribution in [0.25, 0.3) is 10.8 Å². The molecule has 0 aromatic heterocycles. The van der Waals surface area contributed by atoms with Gasteiger partial charge in [0.2, 0.25) is 0 Å². The van der Waals surface area contributed by atoms with Gasteiger partial charge >= 0.3 is 0 Å². The Bertz CT molecular complexity index is 505. The van der Waals surface area contributed by atoms with Gasteiger partial charge in [0.15, 0.2) is 0 Å². The van der Waals surface area contributed by atoms with E-state index in [0.717, 1.165) is 23.5 Å². The van der Waals surface area contributed by atoms with Crippen LogP contribution in [-0.2, 0) is 10.8 Å². The van der Waals surface area contributed by atoms with E-state index in [1.807, 2.05) is 24.3 Å². The Morgan fingerprint density at radius 1 is 1.06 bits per heavy atom. The smallest absolute Gasteiger partial charge is 0.0529 e. The summed E-state index contributed by atoms with van der Waals surface area (Å²) in [5, 5.41) is 2.38. The zero-order valence-corrected chi connectivity index (χ0v) is 10.3. The lowest BCUT2D eigenvalue weighted by Gasteiger charge is -2.03. The molecule has 0 saturated carbocycles. The lowest BCUT2D eigenvalue weighted by Crippen LogP contribution is -1.97. The van der Waals surface area contributed by atoms with E-state index in [1.165, 1.54) is 10.8 Å². The normalized spacial score (nSPS) is 12.8. The Labute approximate surface area is 98.9 Å². The van der Waals surface area contributed by atoms with Gasteiger partial charge in [-0.3, -0.25) is 4.21 Å². The Kier molecular flexibility index (Phi) is 3.73. The van der Waals surface area contributed by atoms with Gasteiger partial charge in [0, 0.05) is 10.6 Å². The van der Waals surface area contributed by atoms with Crippen molar-refractivity contribution in [2.45, 2.75) is 24.7 Å². The second-order valence-electron chi connectivity index (χ2n) is 3.91. The topological polar surface area (TPSA) is 17.1 Å². The summed E-state index contributed by atoms with van der Waals surface area (Å²) in [6.45, 7) is 2.12. The van der Waals surface area contributed by atoms with Gasteiger partial charge in [0.25, 0.3) is 0 Å². The molecule has 0 aliphatic carbocycles. The monoisotopic (exact) mass is 232 g/mol. The van der Waals surface area contributed by atoms with Crippen LogP contribution in [0, 0.1) is 0 Å². The molecule has 0 amide bonds. The molecule has 1 unspecified atom stereocenters. The number of hydrogen-bond acceptors (Lipinski definition) is 1. The molecule has 0 spiro atoms. The van der Waals surface area contributed by atoms with Crippen molar-refractivity contribution < 1.29 is 4.21 Å². The maximum absolute atomic E-state index is 12.0. The van der Waals surface area contributed by atoms with Crippen LogP contribution in [-0.4, -0.2) is 9.96 Å². The minimum Gasteiger partial charge on any atom is -0.254 e. The van der Waals surface area contributed by atoms with Crippen molar-refractivity contribution >= 4 is 21.6 Å². The molecule has 1 atom stereocenters. The van der Waals surface area contributed by atoms with E-state index in [-0.39, 0.29) is 0 Å². The fourth-order valence-corrected chi connectivity index (χ4v) is 2.97. The second-order valence-corrected chi connectivity index (χ2v) is 5.48. The molecule has 0 bridgehead atoms. The first-order valence-electron chi connectivity index (χ1n) is 5.68. The van der Waals surface area contributed by atoms with E-state index in [2.05, 4.69) is 25.1 Å². The lowest BCUT2D eigenvalue weighted by molar-refractivity contribution is 0.679. The van der Waals surface area contributed by atoms with Gasteiger partial charge in [0.05, 0.1) is 10.8 Å². The Balaban J connectivity index is 2.28. The molecule has 0 aliphatic heterocycles. The van der Waals surface area contributed by atoms with Gasteiger partial charge in [0.1, 0.15) is 0 Å². The summed E-state index contributed by atoms with van der Waals surface area (Å²) in [7, 11) is -0.839. The molecule has 2 rings (SSSR count). The number of fused-ring (bicyclic) bond motifs is 1. The predicted molar refractivity (Wildman–Crippen MR) is 70.1 cm³/mol. The van der Waals surface area contributed by atoms with Crippen molar-refractivity contribution in [3.8, 4) is 0 Å². The molecule has 84 valence electrons. The minimum atomic E-state index is -0.839. The molecule has 0 fully saturated rings. The average molecular weight is 232 g/mol. The van der Waals surface area contributed by atoms with Crippen molar-refractivity contribution in [1.82, 2.24) is 0 Å². The van der Waals surface area contributed by atoms with Crippen LogP contribution in [0.2, 0.25) is 0 Å². The second kappa shape index (κ2) is 5.26. The molecular weight excluding hydrogens is 216 g/mol. The summed E-state index contributed by atoms with van der Waals surface area (Å²) in [6, 6.07) is 14.3. The lowest BCUT2D eigenvalue weighted by atomic mass is 10.1. The van der Waals surface area contributed by atoms with Crippen molar-refractivity contribution in [2.75, 3.05) is 5.75 Å². The van der Waals surface area contributed by atoms with E-state index >= 15 is 0 Å². The molecule has 0 heterocycles. The standard InChI is InChI=1S/C14H16OS/c1-2-3-10-16(15)14-9-8-12-6-4-5-7-13(12)11-14/h4-9,11H,2-3,10H2,1H3. The van der Waals surface area contributed by atoms with E-state index in [0.29, 0.717) is 0 Å². The van der Waals surface area contributed by atoms with Crippen LogP contribution in [0.1, 0.15) is 19.8 Å². The largest absolute Gasteiger partial charge is 0.254 e. The summed E-state index contributed by atoms with van der Waals surface area (Å²) in [6.07, 6.45) is 2.12. The van der Waals surface area contributed by atoms with E-state index < -0.39 is 10.8 Å². The van der Waals surface area contributed by atoms with Crippen molar-refractivity contribution in [3.63, 3.8) is 0 Å². The number of rotatable bonds is 4. The van der Waals surface area contributed by atoms with Crippen molar-refractivity contribution in [1.29, 1.82) is 0 Å². The molecular formula is C14H16OS. The zero-order chi connectivity index (χ0) is 11.4. The van der Waals surface area contributed by atoms with Crippen LogP contribution in [0.15, 0.2) is 47.4 Å². The first kappa shape index (κ1) is 11.3. The van der Waals surface area contributed by atoms with Gasteiger partial charge in [-0.2, -0.15) is 0 Å². The van der Waals surface area contributed by atoms with Gasteiger partial charge in [-0.25, -0.2) is 0 Å². The van der Waals surface area contributed by atoms with E-state index in [4.69, 9.17) is 0 Å². The third-order valence-electron chi connectivity index (χ3n) is 2.67. The average Bonchev–Trinajstić information content (AvgIpc) is 2.35. The number of hydrogen-bond donors (Lipinski definition) is 0. The minimum absolute atomic E-state index is 0.773. The molecule has 0 saturated heterocycles. The van der Waals surface area contributed by atoms with Crippen LogP contribution in [0.4, 0.5) is 0 Å². The van der Waals surface area contributed by atoms with Gasteiger partial charge in [-0.15, -0.1) is 0 Å². The van der Waals surface area contributed by atoms with Gasteiger partial charge in [-0.1, -0.05) is 43.7 Å². The maximum atomic E-state index is 12.0. The van der Waals surface area contributed by atoms with Crippen LogP contribution in [0.3, 0.4) is 0 Å². The first-order chi connectivity index (χ1) is 7.81. The highest BCUT2D eigenvalue weighted by atomic mass is 32.2. The highest BCUT2D eigenvalue weighted by molar-refractivity contribution is 7.85. The van der Waals surface area contributed by atoms with Gasteiger partial charge in [-0.05, 0) is 29.3 Å². The maximum Gasteiger partial charge on any atom is 0.0529 e. The van der Waals surface area contributed by atoms with E-state index in [9.17, 15) is 4.21 Å². The highest BCUT2D eigenvalue weighted by Gasteiger charge is 2.03. The first-order valence-corrected chi connectivity index (χ1v) is 7.00. The molecule has 16 heavy (non-hydrogen) atoms. The Morgan fingerprint density at radius 3 is 2.56 bits per heavy atom. The van der Waals surface area contributed by atoms with Crippen LogP contribution < -0.4 is 0 Å². The van der Waals surface area contributed by atoms with Crippen LogP contribution in [0.5, 0.6) is 0 Å². The SMILES string of the molecule is CCCCS(=O)c1ccc2ccccc2c1. The summed E-state index contributed by atoms with van der Waals surface area (Å²) < 4.78 is 12.0. The molecule has 0 aliphatic rings. The summed E-state index contributed by atoms with van der Waals surface area (Å²) in [5.41, 5.74) is 0. The van der Waals surface area contributed by atoms with E-state index in [1.54, 1.807) is 0 Å². The predicted octanol–water partition coefficient (Wildman–Crippen LogP) is 3.75. The van der Waals surface area contributed by atoms with Crippen molar-refractivity contribution in [3.05, 3.63) is 42.5 Å². The zero-order valence-electron chi connectivity index (χ0n) is 9.48. The quantitative estimate of drug-likeness (QED) is 0.784. The summed E-state index contributed by atoms with van der Waals surface area (Å²) in [5.74, 6) is 0.773. The molecule has 2 aromatic carbocycles. The third kappa shape index (κ3) is 2.50. The fraction of sp³-hybridized carbons (Fsp3) is 0.286. The Morgan fingerprint density at radius 2 is 1.81 bits per heavy atom. The number of unbranched alkanes of at least 4 members (excludes halogenated alkanes) is 1. The fourth-order valence-electron chi connectivity index (χ4n) is 1.70. The summed E-state index contributed by atoms with van der Waals surface area (Å²) in [4.78, 5) is 0.951. The molecule has 1 nitrogen and oxygen atoms in total. The highest BCUT2D eigenvalue weighted by Crippen LogP contribution is 2.18. The molecule has 2 heteroatoms. The Hall–Kier alpha value is -1.15. The molecule has 0 N–H and O–H groups in total. The number of benzene rings is 2.